The fraction of sp³-hybridized carbons (Fsp3) is 1.00. The van der Waals surface area contributed by atoms with Crippen LogP contribution in [0.2, 0.25) is 0 Å². The third kappa shape index (κ3) is 1.94. The molecule has 0 N–H and O–H groups in total. The van der Waals surface area contributed by atoms with Crippen LogP contribution in [-0.4, -0.2) is 19.0 Å². The topological polar surface area (TPSA) is 18.5 Å². The van der Waals surface area contributed by atoms with Crippen LogP contribution in [0.1, 0.15) is 51.4 Å². The maximum atomic E-state index is 5.77. The molecule has 0 amide bonds. The Kier molecular flexibility index (Phi) is 2.73. The highest BCUT2D eigenvalue weighted by molar-refractivity contribution is 4.86. The Morgan fingerprint density at radius 2 is 1.27 bits per heavy atom. The number of hydrogen-bond donors (Lipinski definition) is 0. The van der Waals surface area contributed by atoms with Crippen molar-refractivity contribution in [2.24, 2.45) is 11.8 Å². The van der Waals surface area contributed by atoms with Crippen molar-refractivity contribution >= 4 is 0 Å². The smallest absolute Gasteiger partial charge is 0.168 e. The van der Waals surface area contributed by atoms with E-state index in [9.17, 15) is 0 Å². The van der Waals surface area contributed by atoms with Gasteiger partial charge in [0.05, 0.1) is 13.2 Å². The van der Waals surface area contributed by atoms with Crippen LogP contribution >= 0.6 is 0 Å². The molecular weight excluding hydrogens is 188 g/mol. The molecule has 86 valence electrons. The SMILES string of the molecule is C1CCC(C2CCC3(CC2)OCCO3)C1. The van der Waals surface area contributed by atoms with Gasteiger partial charge in [-0.3, -0.25) is 0 Å². The average molecular weight is 210 g/mol. The van der Waals surface area contributed by atoms with E-state index in [0.29, 0.717) is 0 Å². The Morgan fingerprint density at radius 1 is 0.733 bits per heavy atom. The van der Waals surface area contributed by atoms with E-state index in [1.807, 2.05) is 0 Å². The summed E-state index contributed by atoms with van der Waals surface area (Å²) < 4.78 is 11.5. The van der Waals surface area contributed by atoms with Gasteiger partial charge in [-0.15, -0.1) is 0 Å². The van der Waals surface area contributed by atoms with E-state index in [-0.39, 0.29) is 5.79 Å². The molecule has 3 fully saturated rings. The lowest BCUT2D eigenvalue weighted by Gasteiger charge is -2.37. The molecule has 3 rings (SSSR count). The Hall–Kier alpha value is -0.0800. The zero-order valence-corrected chi connectivity index (χ0v) is 9.54. The molecule has 1 aliphatic heterocycles. The molecular formula is C13H22O2. The molecule has 0 aromatic carbocycles. The van der Waals surface area contributed by atoms with E-state index >= 15 is 0 Å². The molecule has 15 heavy (non-hydrogen) atoms. The van der Waals surface area contributed by atoms with Gasteiger partial charge in [-0.1, -0.05) is 25.7 Å². The molecule has 0 aromatic rings. The van der Waals surface area contributed by atoms with Gasteiger partial charge < -0.3 is 9.47 Å². The molecule has 1 heterocycles. The minimum Gasteiger partial charge on any atom is -0.348 e. The summed E-state index contributed by atoms with van der Waals surface area (Å²) in [5.74, 6) is 1.87. The van der Waals surface area contributed by atoms with E-state index in [2.05, 4.69) is 0 Å². The van der Waals surface area contributed by atoms with Crippen molar-refractivity contribution in [3.63, 3.8) is 0 Å². The van der Waals surface area contributed by atoms with Crippen molar-refractivity contribution in [3.05, 3.63) is 0 Å². The molecule has 2 aliphatic carbocycles. The molecule has 2 saturated carbocycles. The van der Waals surface area contributed by atoms with Gasteiger partial charge in [-0.25, -0.2) is 0 Å². The highest BCUT2D eigenvalue weighted by Crippen LogP contribution is 2.44. The quantitative estimate of drug-likeness (QED) is 0.662. The lowest BCUT2D eigenvalue weighted by Crippen LogP contribution is -2.36. The van der Waals surface area contributed by atoms with Crippen LogP contribution in [-0.2, 0) is 9.47 Å². The largest absolute Gasteiger partial charge is 0.348 e. The molecule has 0 radical (unpaired) electrons. The van der Waals surface area contributed by atoms with Gasteiger partial charge in [0, 0.05) is 12.8 Å². The normalized spacial score (nSPS) is 32.8. The first-order valence-corrected chi connectivity index (χ1v) is 6.66. The van der Waals surface area contributed by atoms with Gasteiger partial charge in [-0.05, 0) is 24.7 Å². The van der Waals surface area contributed by atoms with Gasteiger partial charge in [0.1, 0.15) is 0 Å². The minimum absolute atomic E-state index is 0.144. The molecule has 1 saturated heterocycles. The molecule has 0 aromatic heterocycles. The van der Waals surface area contributed by atoms with Crippen LogP contribution in [0.15, 0.2) is 0 Å². The van der Waals surface area contributed by atoms with Gasteiger partial charge >= 0.3 is 0 Å². The van der Waals surface area contributed by atoms with E-state index in [1.165, 1.54) is 38.5 Å². The number of hydrogen-bond acceptors (Lipinski definition) is 2. The predicted molar refractivity (Wildman–Crippen MR) is 58.6 cm³/mol. The summed E-state index contributed by atoms with van der Waals surface area (Å²) in [6.07, 6.45) is 10.9. The first kappa shape index (κ1) is 10.1. The molecule has 2 heteroatoms. The maximum Gasteiger partial charge on any atom is 0.168 e. The summed E-state index contributed by atoms with van der Waals surface area (Å²) >= 11 is 0. The van der Waals surface area contributed by atoms with Crippen molar-refractivity contribution in [3.8, 4) is 0 Å². The van der Waals surface area contributed by atoms with Gasteiger partial charge in [-0.2, -0.15) is 0 Å². The summed E-state index contributed by atoms with van der Waals surface area (Å²) in [5.41, 5.74) is 0. The van der Waals surface area contributed by atoms with Crippen molar-refractivity contribution in [2.75, 3.05) is 13.2 Å². The second kappa shape index (κ2) is 4.06. The second-order valence-corrected chi connectivity index (χ2v) is 5.49. The van der Waals surface area contributed by atoms with Crippen molar-refractivity contribution in [2.45, 2.75) is 57.2 Å². The van der Waals surface area contributed by atoms with Gasteiger partial charge in [0.25, 0.3) is 0 Å². The zero-order chi connectivity index (χ0) is 10.1. The summed E-state index contributed by atoms with van der Waals surface area (Å²) in [6, 6.07) is 0. The lowest BCUT2D eigenvalue weighted by molar-refractivity contribution is -0.184. The molecule has 2 nitrogen and oxygen atoms in total. The average Bonchev–Trinajstić information content (AvgIpc) is 2.91. The predicted octanol–water partition coefficient (Wildman–Crippen LogP) is 3.11. The summed E-state index contributed by atoms with van der Waals surface area (Å²) in [4.78, 5) is 0. The summed E-state index contributed by atoms with van der Waals surface area (Å²) in [7, 11) is 0. The third-order valence-electron chi connectivity index (χ3n) is 4.67. The number of ether oxygens (including phenoxy) is 2. The van der Waals surface area contributed by atoms with Crippen LogP contribution in [0.4, 0.5) is 0 Å². The van der Waals surface area contributed by atoms with Crippen LogP contribution in [0.25, 0.3) is 0 Å². The van der Waals surface area contributed by atoms with Gasteiger partial charge in [0.2, 0.25) is 0 Å². The van der Waals surface area contributed by atoms with Crippen LogP contribution < -0.4 is 0 Å². The molecule has 0 atom stereocenters. The highest BCUT2D eigenvalue weighted by atomic mass is 16.7. The molecule has 0 unspecified atom stereocenters. The molecule has 0 bridgehead atoms. The van der Waals surface area contributed by atoms with Crippen molar-refractivity contribution < 1.29 is 9.47 Å². The first-order chi connectivity index (χ1) is 7.38. The maximum absolute atomic E-state index is 5.77. The van der Waals surface area contributed by atoms with Crippen LogP contribution in [0.3, 0.4) is 0 Å². The Bertz CT molecular complexity index is 205. The highest BCUT2D eigenvalue weighted by Gasteiger charge is 2.42. The zero-order valence-electron chi connectivity index (χ0n) is 9.54. The Morgan fingerprint density at radius 3 is 1.87 bits per heavy atom. The van der Waals surface area contributed by atoms with Crippen molar-refractivity contribution in [1.29, 1.82) is 0 Å². The van der Waals surface area contributed by atoms with E-state index in [0.717, 1.165) is 37.9 Å². The Labute approximate surface area is 92.3 Å². The van der Waals surface area contributed by atoms with E-state index < -0.39 is 0 Å². The van der Waals surface area contributed by atoms with Crippen molar-refractivity contribution in [1.82, 2.24) is 0 Å². The first-order valence-electron chi connectivity index (χ1n) is 6.66. The third-order valence-corrected chi connectivity index (χ3v) is 4.67. The second-order valence-electron chi connectivity index (χ2n) is 5.49. The fourth-order valence-electron chi connectivity index (χ4n) is 3.77. The monoisotopic (exact) mass is 210 g/mol. The minimum atomic E-state index is -0.144. The molecule has 1 spiro atoms. The van der Waals surface area contributed by atoms with Gasteiger partial charge in [0.15, 0.2) is 5.79 Å². The summed E-state index contributed by atoms with van der Waals surface area (Å²) in [5, 5.41) is 0. The fourth-order valence-corrected chi connectivity index (χ4v) is 3.77. The summed E-state index contributed by atoms with van der Waals surface area (Å²) in [6.45, 7) is 1.63. The van der Waals surface area contributed by atoms with E-state index in [4.69, 9.17) is 9.47 Å². The van der Waals surface area contributed by atoms with E-state index in [1.54, 1.807) is 0 Å². The van der Waals surface area contributed by atoms with Crippen LogP contribution in [0.5, 0.6) is 0 Å². The number of rotatable bonds is 1. The Balaban J connectivity index is 1.55. The lowest BCUT2D eigenvalue weighted by atomic mass is 9.77. The molecule has 3 aliphatic rings. The standard InChI is InChI=1S/C13H22O2/c1-2-4-11(3-1)12-5-7-13(8-6-12)14-9-10-15-13/h11-12H,1-10H2. The van der Waals surface area contributed by atoms with Crippen LogP contribution in [0, 0.1) is 11.8 Å².